The minimum absolute atomic E-state index is 0.351. The van der Waals surface area contributed by atoms with E-state index in [0.717, 1.165) is 0 Å². The number of nitrogens with zero attached hydrogens (tertiary/aromatic N) is 1. The van der Waals surface area contributed by atoms with Gasteiger partial charge in [0.25, 0.3) is 0 Å². The molecule has 2 atom stereocenters. The summed E-state index contributed by atoms with van der Waals surface area (Å²) in [7, 11) is 0. The monoisotopic (exact) mass is 280 g/mol. The molecule has 1 fully saturated rings. The molecule has 1 saturated heterocycles. The molecule has 0 bridgehead atoms. The van der Waals surface area contributed by atoms with Crippen LogP contribution in [0.25, 0.3) is 0 Å². The molecule has 2 rings (SSSR count). The molecule has 1 aromatic carbocycles. The van der Waals surface area contributed by atoms with Gasteiger partial charge in [-0.25, -0.2) is 4.79 Å². The van der Waals surface area contributed by atoms with Crippen LogP contribution in [0, 0.1) is 0 Å². The molecule has 5 nitrogen and oxygen atoms in total. The van der Waals surface area contributed by atoms with Crippen LogP contribution < -0.4 is 5.73 Å². The van der Waals surface area contributed by atoms with Gasteiger partial charge >= 0.3 is 5.97 Å². The summed E-state index contributed by atoms with van der Waals surface area (Å²) in [5, 5.41) is 9.12. The molecule has 102 valence electrons. The first-order valence-corrected chi connectivity index (χ1v) is 7.06. The maximum atomic E-state index is 12.5. The van der Waals surface area contributed by atoms with Crippen LogP contribution in [0.3, 0.4) is 0 Å². The normalized spacial score (nSPS) is 22.0. The number of aliphatic carboxylic acids is 1. The number of carboxylic acids is 1. The number of thioether (sulfide) groups is 1. The number of rotatable bonds is 3. The third kappa shape index (κ3) is 2.59. The topological polar surface area (TPSA) is 83.6 Å². The number of benzene rings is 1. The van der Waals surface area contributed by atoms with Gasteiger partial charge in [-0.15, -0.1) is 11.8 Å². The van der Waals surface area contributed by atoms with Crippen molar-refractivity contribution >= 4 is 23.6 Å². The number of hydrogen-bond acceptors (Lipinski definition) is 4. The van der Waals surface area contributed by atoms with Crippen LogP contribution in [0.2, 0.25) is 0 Å². The zero-order valence-electron chi connectivity index (χ0n) is 10.6. The lowest BCUT2D eigenvalue weighted by Crippen LogP contribution is -2.54. The number of carboxylic acid groups (broad SMARTS) is 1. The molecule has 0 spiro atoms. The first-order chi connectivity index (χ1) is 8.94. The summed E-state index contributed by atoms with van der Waals surface area (Å²) in [6.07, 6.45) is 0. The summed E-state index contributed by atoms with van der Waals surface area (Å²) < 4.78 is 0. The summed E-state index contributed by atoms with van der Waals surface area (Å²) >= 11 is 1.43. The lowest BCUT2D eigenvalue weighted by atomic mass is 9.91. The Kier molecular flexibility index (Phi) is 3.82. The summed E-state index contributed by atoms with van der Waals surface area (Å²) in [4.78, 5) is 25.0. The van der Waals surface area contributed by atoms with Gasteiger partial charge in [0, 0.05) is 5.75 Å². The molecule has 19 heavy (non-hydrogen) atoms. The summed E-state index contributed by atoms with van der Waals surface area (Å²) in [6.45, 7) is 1.62. The third-order valence-electron chi connectivity index (χ3n) is 3.25. The van der Waals surface area contributed by atoms with E-state index in [2.05, 4.69) is 0 Å². The predicted octanol–water partition coefficient (Wildman–Crippen LogP) is 0.847. The van der Waals surface area contributed by atoms with Crippen molar-refractivity contribution in [2.24, 2.45) is 5.73 Å². The average molecular weight is 280 g/mol. The maximum Gasteiger partial charge on any atom is 0.327 e. The smallest absolute Gasteiger partial charge is 0.327 e. The van der Waals surface area contributed by atoms with Gasteiger partial charge in [0.2, 0.25) is 5.91 Å². The third-order valence-corrected chi connectivity index (χ3v) is 4.26. The van der Waals surface area contributed by atoms with Crippen molar-refractivity contribution in [3.05, 3.63) is 35.9 Å². The molecule has 1 unspecified atom stereocenters. The molecule has 1 amide bonds. The van der Waals surface area contributed by atoms with E-state index in [1.54, 1.807) is 31.2 Å². The Balaban J connectivity index is 2.26. The van der Waals surface area contributed by atoms with Crippen LogP contribution in [-0.2, 0) is 15.1 Å². The van der Waals surface area contributed by atoms with E-state index in [4.69, 9.17) is 10.8 Å². The first kappa shape index (κ1) is 13.9. The molecule has 3 N–H and O–H groups in total. The second-order valence-corrected chi connectivity index (χ2v) is 5.70. The number of amides is 1. The van der Waals surface area contributed by atoms with Gasteiger partial charge in [-0.05, 0) is 12.5 Å². The molecular weight excluding hydrogens is 264 g/mol. The lowest BCUT2D eigenvalue weighted by molar-refractivity contribution is -0.150. The van der Waals surface area contributed by atoms with Crippen LogP contribution in [0.4, 0.5) is 0 Å². The molecule has 0 radical (unpaired) electrons. The highest BCUT2D eigenvalue weighted by molar-refractivity contribution is 7.99. The van der Waals surface area contributed by atoms with Crippen molar-refractivity contribution in [3.8, 4) is 0 Å². The second-order valence-electron chi connectivity index (χ2n) is 4.70. The van der Waals surface area contributed by atoms with Crippen molar-refractivity contribution in [1.29, 1.82) is 0 Å². The van der Waals surface area contributed by atoms with Gasteiger partial charge < -0.3 is 15.7 Å². The predicted molar refractivity (Wildman–Crippen MR) is 73.6 cm³/mol. The van der Waals surface area contributed by atoms with Gasteiger partial charge in [0.1, 0.15) is 11.6 Å². The minimum atomic E-state index is -1.21. The van der Waals surface area contributed by atoms with E-state index in [1.165, 1.54) is 16.7 Å². The Labute approximate surface area is 115 Å². The van der Waals surface area contributed by atoms with E-state index >= 15 is 0 Å². The average Bonchev–Trinajstić information content (AvgIpc) is 2.88. The standard InChI is InChI=1S/C13H16N2O3S/c1-13(14,9-5-3-2-4-6-9)12(18)15-8-19-7-10(15)11(16)17/h2-6,10H,7-8,14H2,1H3,(H,16,17)/t10-,13?/m0/s1. The molecular formula is C13H16N2O3S. The van der Waals surface area contributed by atoms with E-state index < -0.39 is 17.6 Å². The minimum Gasteiger partial charge on any atom is -0.480 e. The highest BCUT2D eigenvalue weighted by Gasteiger charge is 2.42. The number of carbonyl (C=O) groups is 2. The zero-order valence-corrected chi connectivity index (χ0v) is 11.4. The number of hydrogen-bond donors (Lipinski definition) is 2. The van der Waals surface area contributed by atoms with Gasteiger partial charge in [-0.1, -0.05) is 30.3 Å². The summed E-state index contributed by atoms with van der Waals surface area (Å²) in [5.41, 5.74) is 5.60. The van der Waals surface area contributed by atoms with E-state index in [1.807, 2.05) is 6.07 Å². The Morgan fingerprint density at radius 1 is 1.42 bits per heavy atom. The van der Waals surface area contributed by atoms with Crippen molar-refractivity contribution < 1.29 is 14.7 Å². The number of nitrogens with two attached hydrogens (primary N) is 1. The van der Waals surface area contributed by atoms with Gasteiger partial charge in [0.15, 0.2) is 0 Å². The molecule has 0 saturated carbocycles. The molecule has 0 aromatic heterocycles. The van der Waals surface area contributed by atoms with Crippen LogP contribution >= 0.6 is 11.8 Å². The van der Waals surface area contributed by atoms with Crippen molar-refractivity contribution in [2.75, 3.05) is 11.6 Å². The van der Waals surface area contributed by atoms with Crippen molar-refractivity contribution in [3.63, 3.8) is 0 Å². The van der Waals surface area contributed by atoms with Gasteiger partial charge in [0.05, 0.1) is 5.88 Å². The Hall–Kier alpha value is -1.53. The summed E-state index contributed by atoms with van der Waals surface area (Å²) in [6, 6.07) is 8.22. The zero-order chi connectivity index (χ0) is 14.0. The quantitative estimate of drug-likeness (QED) is 0.857. The Morgan fingerprint density at radius 2 is 2.05 bits per heavy atom. The molecule has 6 heteroatoms. The number of carbonyl (C=O) groups excluding carboxylic acids is 1. The fraction of sp³-hybridized carbons (Fsp3) is 0.385. The van der Waals surface area contributed by atoms with Crippen molar-refractivity contribution in [1.82, 2.24) is 4.90 Å². The van der Waals surface area contributed by atoms with Crippen molar-refractivity contribution in [2.45, 2.75) is 18.5 Å². The Bertz CT molecular complexity index is 490. The van der Waals surface area contributed by atoms with E-state index in [0.29, 0.717) is 17.2 Å². The molecule has 1 aliphatic rings. The first-order valence-electron chi connectivity index (χ1n) is 5.90. The van der Waals surface area contributed by atoms with E-state index in [-0.39, 0.29) is 5.91 Å². The van der Waals surface area contributed by atoms with E-state index in [9.17, 15) is 9.59 Å². The Morgan fingerprint density at radius 3 is 2.63 bits per heavy atom. The highest BCUT2D eigenvalue weighted by Crippen LogP contribution is 2.27. The SMILES string of the molecule is CC(N)(C(=O)N1CSC[C@H]1C(=O)O)c1ccccc1. The van der Waals surface area contributed by atoms with Gasteiger partial charge in [-0.3, -0.25) is 4.79 Å². The fourth-order valence-electron chi connectivity index (χ4n) is 2.05. The highest BCUT2D eigenvalue weighted by atomic mass is 32.2. The van der Waals surface area contributed by atoms with Crippen LogP contribution in [0.15, 0.2) is 30.3 Å². The maximum absolute atomic E-state index is 12.5. The van der Waals surface area contributed by atoms with Gasteiger partial charge in [-0.2, -0.15) is 0 Å². The molecule has 1 aliphatic heterocycles. The molecule has 1 heterocycles. The lowest BCUT2D eigenvalue weighted by Gasteiger charge is -2.31. The van der Waals surface area contributed by atoms with Crippen LogP contribution in [0.5, 0.6) is 0 Å². The second kappa shape index (κ2) is 5.22. The molecule has 1 aromatic rings. The van der Waals surface area contributed by atoms with Crippen LogP contribution in [-0.4, -0.2) is 39.6 Å². The fourth-order valence-corrected chi connectivity index (χ4v) is 3.20. The molecule has 0 aliphatic carbocycles. The largest absolute Gasteiger partial charge is 0.480 e. The van der Waals surface area contributed by atoms with Crippen LogP contribution in [0.1, 0.15) is 12.5 Å². The summed E-state index contributed by atoms with van der Waals surface area (Å²) in [5.74, 6) is -0.556.